The molecule has 0 amide bonds. The highest BCUT2D eigenvalue weighted by Gasteiger charge is 2.22. The lowest BCUT2D eigenvalue weighted by Crippen LogP contribution is -2.11. The molecule has 10 aromatic carbocycles. The Hall–Kier alpha value is -8.34. The van der Waals surface area contributed by atoms with Gasteiger partial charge in [-0.15, -0.1) is 0 Å². The average Bonchev–Trinajstić information content (AvgIpc) is 4.03. The standard InChI is InChI=1S/C58H36N2O2/c1-2-14-42-37(13-1)29-36-50-56-48(20-12-26-55(56)62-58(42)50)46-17-5-7-22-51(46)59(39-30-27-38(28-31-39)43-19-11-21-49-47-18-6-10-25-54(47)61-57(43)49)40-32-34-41(35-33-40)60-52-23-8-3-15-44(52)45-16-4-9-24-53(45)60/h1-36H. The molecule has 0 radical (unpaired) electrons. The molecule has 0 spiro atoms. The first kappa shape index (κ1) is 34.5. The molecular weight excluding hydrogens is 757 g/mol. The minimum absolute atomic E-state index is 0.870. The highest BCUT2D eigenvalue weighted by Crippen LogP contribution is 2.46. The molecule has 13 aromatic rings. The number of furan rings is 2. The smallest absolute Gasteiger partial charge is 0.143 e. The van der Waals surface area contributed by atoms with Crippen molar-refractivity contribution in [3.63, 3.8) is 0 Å². The van der Waals surface area contributed by atoms with Crippen LogP contribution in [0.2, 0.25) is 0 Å². The Bertz CT molecular complexity index is 3810. The average molecular weight is 793 g/mol. The molecule has 0 bridgehead atoms. The number of hydrogen-bond acceptors (Lipinski definition) is 3. The van der Waals surface area contributed by atoms with Crippen molar-refractivity contribution in [1.29, 1.82) is 0 Å². The SMILES string of the molecule is c1ccc(N(c2ccc(-c3cccc4c3oc3ccccc34)cc2)c2ccc(-n3c4ccccc4c4ccccc43)cc2)c(-c2cccc3oc4c5ccccc5ccc4c23)c1. The summed E-state index contributed by atoms with van der Waals surface area (Å²) in [6.07, 6.45) is 0. The summed E-state index contributed by atoms with van der Waals surface area (Å²) < 4.78 is 15.5. The number of nitrogens with zero attached hydrogens (tertiary/aromatic N) is 2. The molecule has 0 saturated carbocycles. The highest BCUT2D eigenvalue weighted by atomic mass is 16.3. The van der Waals surface area contributed by atoms with Crippen LogP contribution in [0, 0.1) is 0 Å². The molecule has 3 aromatic heterocycles. The van der Waals surface area contributed by atoms with Gasteiger partial charge in [-0.2, -0.15) is 0 Å². The molecule has 3 heterocycles. The van der Waals surface area contributed by atoms with Crippen LogP contribution in [0.15, 0.2) is 227 Å². The monoisotopic (exact) mass is 792 g/mol. The quantitative estimate of drug-likeness (QED) is 0.168. The first-order valence-corrected chi connectivity index (χ1v) is 21.1. The lowest BCUT2D eigenvalue weighted by molar-refractivity contribution is 0.670. The van der Waals surface area contributed by atoms with Crippen LogP contribution in [0.5, 0.6) is 0 Å². The number of fused-ring (bicyclic) bond motifs is 11. The van der Waals surface area contributed by atoms with Gasteiger partial charge in [0.15, 0.2) is 0 Å². The van der Waals surface area contributed by atoms with Crippen LogP contribution in [-0.4, -0.2) is 4.57 Å². The van der Waals surface area contributed by atoms with Gasteiger partial charge in [-0.05, 0) is 89.3 Å². The van der Waals surface area contributed by atoms with E-state index in [-0.39, 0.29) is 0 Å². The van der Waals surface area contributed by atoms with Gasteiger partial charge >= 0.3 is 0 Å². The van der Waals surface area contributed by atoms with E-state index in [9.17, 15) is 0 Å². The van der Waals surface area contributed by atoms with E-state index in [1.54, 1.807) is 0 Å². The molecule has 290 valence electrons. The predicted molar refractivity (Wildman–Crippen MR) is 258 cm³/mol. The van der Waals surface area contributed by atoms with Crippen LogP contribution in [0.4, 0.5) is 17.1 Å². The van der Waals surface area contributed by atoms with E-state index in [4.69, 9.17) is 8.83 Å². The zero-order chi connectivity index (χ0) is 40.7. The highest BCUT2D eigenvalue weighted by molar-refractivity contribution is 6.20. The predicted octanol–water partition coefficient (Wildman–Crippen LogP) is 16.5. The molecule has 0 unspecified atom stereocenters. The third-order valence-corrected chi connectivity index (χ3v) is 12.6. The van der Waals surface area contributed by atoms with Gasteiger partial charge in [0.1, 0.15) is 22.3 Å². The summed E-state index contributed by atoms with van der Waals surface area (Å²) in [5, 5.41) is 9.23. The van der Waals surface area contributed by atoms with Gasteiger partial charge < -0.3 is 18.3 Å². The number of anilines is 3. The molecule has 0 aliphatic rings. The summed E-state index contributed by atoms with van der Waals surface area (Å²) in [4.78, 5) is 2.38. The van der Waals surface area contributed by atoms with Crippen LogP contribution < -0.4 is 4.90 Å². The maximum absolute atomic E-state index is 6.69. The fourth-order valence-electron chi connectivity index (χ4n) is 9.82. The summed E-state index contributed by atoms with van der Waals surface area (Å²) in [7, 11) is 0. The largest absolute Gasteiger partial charge is 0.455 e. The Labute approximate surface area is 356 Å². The van der Waals surface area contributed by atoms with Crippen molar-refractivity contribution in [3.05, 3.63) is 218 Å². The zero-order valence-corrected chi connectivity index (χ0v) is 33.5. The topological polar surface area (TPSA) is 34.5 Å². The number of hydrogen-bond donors (Lipinski definition) is 0. The van der Waals surface area contributed by atoms with Gasteiger partial charge in [-0.3, -0.25) is 0 Å². The van der Waals surface area contributed by atoms with E-state index in [1.165, 1.54) is 21.8 Å². The minimum Gasteiger partial charge on any atom is -0.455 e. The summed E-state index contributed by atoms with van der Waals surface area (Å²) >= 11 is 0. The van der Waals surface area contributed by atoms with E-state index in [0.29, 0.717) is 0 Å². The fourth-order valence-corrected chi connectivity index (χ4v) is 9.82. The third-order valence-electron chi connectivity index (χ3n) is 12.6. The molecule has 4 nitrogen and oxygen atoms in total. The first-order chi connectivity index (χ1) is 30.8. The molecule has 0 atom stereocenters. The van der Waals surface area contributed by atoms with E-state index in [1.807, 2.05) is 12.1 Å². The van der Waals surface area contributed by atoms with Crippen molar-refractivity contribution in [3.8, 4) is 27.9 Å². The molecule has 0 saturated heterocycles. The van der Waals surface area contributed by atoms with Crippen LogP contribution in [0.1, 0.15) is 0 Å². The van der Waals surface area contributed by atoms with E-state index >= 15 is 0 Å². The molecule has 13 rings (SSSR count). The Morgan fingerprint density at radius 1 is 0.339 bits per heavy atom. The Kier molecular flexibility index (Phi) is 7.57. The third kappa shape index (κ3) is 5.20. The molecular formula is C58H36N2O2. The number of rotatable bonds is 6. The van der Waals surface area contributed by atoms with Crippen molar-refractivity contribution < 1.29 is 8.83 Å². The lowest BCUT2D eigenvalue weighted by atomic mass is 9.96. The first-order valence-electron chi connectivity index (χ1n) is 21.1. The Morgan fingerprint density at radius 2 is 0.903 bits per heavy atom. The molecule has 0 fully saturated rings. The summed E-state index contributed by atoms with van der Waals surface area (Å²) in [6.45, 7) is 0. The molecule has 0 aliphatic carbocycles. The van der Waals surface area contributed by atoms with Crippen molar-refractivity contribution in [2.45, 2.75) is 0 Å². The normalized spacial score (nSPS) is 11.9. The molecule has 0 aliphatic heterocycles. The fraction of sp³-hybridized carbons (Fsp3) is 0. The van der Waals surface area contributed by atoms with Crippen molar-refractivity contribution in [2.75, 3.05) is 4.90 Å². The van der Waals surface area contributed by atoms with Crippen LogP contribution >= 0.6 is 0 Å². The zero-order valence-electron chi connectivity index (χ0n) is 33.5. The second-order valence-corrected chi connectivity index (χ2v) is 16.0. The maximum Gasteiger partial charge on any atom is 0.143 e. The minimum atomic E-state index is 0.870. The summed E-state index contributed by atoms with van der Waals surface area (Å²) in [5.41, 5.74) is 14.6. The number of para-hydroxylation sites is 5. The molecule has 4 heteroatoms. The van der Waals surface area contributed by atoms with Crippen LogP contribution in [0.3, 0.4) is 0 Å². The van der Waals surface area contributed by atoms with Gasteiger partial charge in [0.25, 0.3) is 0 Å². The van der Waals surface area contributed by atoms with Gasteiger partial charge in [-0.25, -0.2) is 0 Å². The molecule has 62 heavy (non-hydrogen) atoms. The van der Waals surface area contributed by atoms with E-state index < -0.39 is 0 Å². The Morgan fingerprint density at radius 3 is 1.69 bits per heavy atom. The summed E-state index contributed by atoms with van der Waals surface area (Å²) in [6, 6.07) is 77.9. The second-order valence-electron chi connectivity index (χ2n) is 16.0. The van der Waals surface area contributed by atoms with Crippen LogP contribution in [0.25, 0.3) is 104 Å². The van der Waals surface area contributed by atoms with Crippen molar-refractivity contribution >= 4 is 93.5 Å². The maximum atomic E-state index is 6.69. The number of aromatic nitrogens is 1. The molecule has 0 N–H and O–H groups in total. The van der Waals surface area contributed by atoms with E-state index in [2.05, 4.69) is 216 Å². The van der Waals surface area contributed by atoms with Crippen molar-refractivity contribution in [2.24, 2.45) is 0 Å². The van der Waals surface area contributed by atoms with Gasteiger partial charge in [-0.1, -0.05) is 146 Å². The summed E-state index contributed by atoms with van der Waals surface area (Å²) in [5.74, 6) is 0. The van der Waals surface area contributed by atoms with Gasteiger partial charge in [0.05, 0.1) is 16.7 Å². The Balaban J connectivity index is 0.998. The lowest BCUT2D eigenvalue weighted by Gasteiger charge is -2.28. The number of benzene rings is 10. The van der Waals surface area contributed by atoms with Gasteiger partial charge in [0.2, 0.25) is 0 Å². The second kappa shape index (κ2) is 13.6. The van der Waals surface area contributed by atoms with Crippen molar-refractivity contribution in [1.82, 2.24) is 4.57 Å². The van der Waals surface area contributed by atoms with Crippen LogP contribution in [-0.2, 0) is 0 Å². The van der Waals surface area contributed by atoms with E-state index in [0.717, 1.165) is 99.7 Å². The van der Waals surface area contributed by atoms with Gasteiger partial charge in [0, 0.05) is 65.9 Å².